The SMILES string of the molecule is C[C@H](NC(=O)[C@H](CCSSc1ccc([N+](=O)[O-])cc1[N+](=O)[O-])NC(=O)OC(C)(C)C)C(N)=O. The first-order chi connectivity index (χ1) is 15.2. The van der Waals surface area contributed by atoms with E-state index in [0.717, 1.165) is 33.7 Å². The van der Waals surface area contributed by atoms with E-state index in [1.165, 1.54) is 13.0 Å². The number of non-ortho nitro benzene ring substituents is 1. The van der Waals surface area contributed by atoms with E-state index in [1.807, 2.05) is 0 Å². The molecule has 33 heavy (non-hydrogen) atoms. The highest BCUT2D eigenvalue weighted by molar-refractivity contribution is 8.76. The Morgan fingerprint density at radius 1 is 1.15 bits per heavy atom. The lowest BCUT2D eigenvalue weighted by molar-refractivity contribution is -0.396. The van der Waals surface area contributed by atoms with E-state index < -0.39 is 56.8 Å². The molecule has 15 heteroatoms. The maximum absolute atomic E-state index is 12.5. The van der Waals surface area contributed by atoms with E-state index in [2.05, 4.69) is 10.6 Å². The molecule has 182 valence electrons. The molecule has 4 N–H and O–H groups in total. The summed E-state index contributed by atoms with van der Waals surface area (Å²) in [5.41, 5.74) is 3.53. The minimum Gasteiger partial charge on any atom is -0.444 e. The Kier molecular flexibility index (Phi) is 10.4. The van der Waals surface area contributed by atoms with Crippen molar-refractivity contribution < 1.29 is 29.0 Å². The molecule has 0 aromatic heterocycles. The van der Waals surface area contributed by atoms with Gasteiger partial charge in [0.15, 0.2) is 0 Å². The quantitative estimate of drug-likeness (QED) is 0.174. The molecule has 1 rings (SSSR count). The predicted octanol–water partition coefficient (Wildman–Crippen LogP) is 2.52. The van der Waals surface area contributed by atoms with Gasteiger partial charge in [-0.25, -0.2) is 4.79 Å². The summed E-state index contributed by atoms with van der Waals surface area (Å²) in [6, 6.07) is 1.26. The van der Waals surface area contributed by atoms with Crippen molar-refractivity contribution in [2.24, 2.45) is 5.73 Å². The van der Waals surface area contributed by atoms with Crippen molar-refractivity contribution in [1.82, 2.24) is 10.6 Å². The number of nitro groups is 2. The van der Waals surface area contributed by atoms with Crippen LogP contribution in [0.3, 0.4) is 0 Å². The Bertz CT molecular complexity index is 922. The van der Waals surface area contributed by atoms with Crippen LogP contribution in [0.2, 0.25) is 0 Å². The zero-order valence-corrected chi connectivity index (χ0v) is 20.0. The molecule has 13 nitrogen and oxygen atoms in total. The van der Waals surface area contributed by atoms with Gasteiger partial charge in [0, 0.05) is 11.8 Å². The lowest BCUT2D eigenvalue weighted by Gasteiger charge is -2.24. The van der Waals surface area contributed by atoms with Crippen LogP contribution in [0.4, 0.5) is 16.2 Å². The zero-order chi connectivity index (χ0) is 25.3. The maximum atomic E-state index is 12.5. The second kappa shape index (κ2) is 12.2. The van der Waals surface area contributed by atoms with Crippen molar-refractivity contribution in [3.05, 3.63) is 38.4 Å². The molecule has 0 fully saturated rings. The minimum atomic E-state index is -1.07. The van der Waals surface area contributed by atoms with Crippen LogP contribution in [-0.4, -0.2) is 51.2 Å². The number of primary amides is 1. The Morgan fingerprint density at radius 3 is 2.30 bits per heavy atom. The number of carbonyl (C=O) groups is 3. The maximum Gasteiger partial charge on any atom is 0.408 e. The average Bonchev–Trinajstić information content (AvgIpc) is 2.68. The minimum absolute atomic E-state index is 0.0923. The monoisotopic (exact) mass is 503 g/mol. The number of nitrogens with two attached hydrogens (primary N) is 1. The zero-order valence-electron chi connectivity index (χ0n) is 18.4. The number of hydrogen-bond donors (Lipinski definition) is 3. The molecule has 0 unspecified atom stereocenters. The van der Waals surface area contributed by atoms with Crippen molar-refractivity contribution in [2.75, 3.05) is 5.75 Å². The molecule has 2 atom stereocenters. The second-order valence-corrected chi connectivity index (χ2v) is 10.1. The summed E-state index contributed by atoms with van der Waals surface area (Å²) in [5.74, 6) is -1.16. The summed E-state index contributed by atoms with van der Waals surface area (Å²) in [4.78, 5) is 56.7. The smallest absolute Gasteiger partial charge is 0.408 e. The van der Waals surface area contributed by atoms with Gasteiger partial charge < -0.3 is 21.1 Å². The van der Waals surface area contributed by atoms with Crippen LogP contribution in [0.1, 0.15) is 34.1 Å². The molecule has 0 aliphatic rings. The van der Waals surface area contributed by atoms with E-state index in [1.54, 1.807) is 20.8 Å². The molecular weight excluding hydrogens is 478 g/mol. The lowest BCUT2D eigenvalue weighted by Crippen LogP contribution is -2.52. The summed E-state index contributed by atoms with van der Waals surface area (Å²) in [6.07, 6.45) is -0.743. The van der Waals surface area contributed by atoms with Crippen LogP contribution in [0.5, 0.6) is 0 Å². The number of nitrogens with zero attached hydrogens (tertiary/aromatic N) is 2. The first kappa shape index (κ1) is 28.0. The van der Waals surface area contributed by atoms with E-state index in [-0.39, 0.29) is 17.1 Å². The van der Waals surface area contributed by atoms with Gasteiger partial charge in [0.25, 0.3) is 11.4 Å². The Balaban J connectivity index is 2.83. The largest absolute Gasteiger partial charge is 0.444 e. The van der Waals surface area contributed by atoms with E-state index in [9.17, 15) is 34.6 Å². The van der Waals surface area contributed by atoms with Crippen LogP contribution in [0.15, 0.2) is 23.1 Å². The molecule has 0 spiro atoms. The summed E-state index contributed by atoms with van der Waals surface area (Å²) in [7, 11) is 2.14. The van der Waals surface area contributed by atoms with Crippen molar-refractivity contribution in [1.29, 1.82) is 0 Å². The number of amides is 3. The highest BCUT2D eigenvalue weighted by atomic mass is 33.1. The van der Waals surface area contributed by atoms with Crippen LogP contribution in [-0.2, 0) is 14.3 Å². The number of nitro benzene ring substituents is 2. The average molecular weight is 504 g/mol. The summed E-state index contributed by atoms with van der Waals surface area (Å²) >= 11 is 0. The van der Waals surface area contributed by atoms with Crippen molar-refractivity contribution >= 4 is 50.9 Å². The van der Waals surface area contributed by atoms with Crippen molar-refractivity contribution in [2.45, 2.75) is 56.7 Å². The van der Waals surface area contributed by atoms with Gasteiger partial charge in [-0.05, 0) is 40.2 Å². The van der Waals surface area contributed by atoms with Gasteiger partial charge in [-0.2, -0.15) is 0 Å². The normalized spacial score (nSPS) is 12.8. The fourth-order valence-corrected chi connectivity index (χ4v) is 4.43. The van der Waals surface area contributed by atoms with Gasteiger partial charge in [0.2, 0.25) is 11.8 Å². The van der Waals surface area contributed by atoms with Crippen LogP contribution in [0, 0.1) is 20.2 Å². The van der Waals surface area contributed by atoms with Gasteiger partial charge in [0.1, 0.15) is 17.7 Å². The number of ether oxygens (including phenoxy) is 1. The van der Waals surface area contributed by atoms with Crippen molar-refractivity contribution in [3.8, 4) is 0 Å². The molecule has 0 radical (unpaired) electrons. The Labute approximate surface area is 197 Å². The number of rotatable bonds is 11. The third-order valence-corrected chi connectivity index (χ3v) is 6.22. The molecule has 0 heterocycles. The molecule has 3 amide bonds. The fourth-order valence-electron chi connectivity index (χ4n) is 2.21. The first-order valence-corrected chi connectivity index (χ1v) is 11.8. The molecule has 0 bridgehead atoms. The van der Waals surface area contributed by atoms with Gasteiger partial charge in [0.05, 0.1) is 20.8 Å². The first-order valence-electron chi connectivity index (χ1n) is 9.52. The second-order valence-electron chi connectivity index (χ2n) is 7.69. The number of nitrogens with one attached hydrogen (secondary N) is 2. The topological polar surface area (TPSA) is 197 Å². The summed E-state index contributed by atoms with van der Waals surface area (Å²) < 4.78 is 5.16. The standard InChI is InChI=1S/C18H25N5O8S2/c1-10(15(19)24)20-16(25)12(21-17(26)31-18(2,3)4)7-8-32-33-14-6-5-11(22(27)28)9-13(14)23(29)30/h5-6,9-10,12H,7-8H2,1-4H3,(H2,19,24)(H,20,25)(H,21,26)/t10-,12-/m0/s1. The van der Waals surface area contributed by atoms with Gasteiger partial charge in [-0.1, -0.05) is 21.6 Å². The molecule has 1 aromatic rings. The number of hydrogen-bond acceptors (Lipinski definition) is 10. The predicted molar refractivity (Wildman–Crippen MR) is 123 cm³/mol. The number of carbonyl (C=O) groups excluding carboxylic acids is 3. The molecular formula is C18H25N5O8S2. The molecule has 0 saturated carbocycles. The number of alkyl carbamates (subject to hydrolysis) is 1. The summed E-state index contributed by atoms with van der Waals surface area (Å²) in [5, 5.41) is 26.9. The molecule has 0 saturated heterocycles. The van der Waals surface area contributed by atoms with E-state index in [0.29, 0.717) is 0 Å². The molecule has 0 aliphatic heterocycles. The fraction of sp³-hybridized carbons (Fsp3) is 0.500. The highest BCUT2D eigenvalue weighted by Crippen LogP contribution is 2.39. The third-order valence-electron chi connectivity index (χ3n) is 3.78. The Morgan fingerprint density at radius 2 is 1.79 bits per heavy atom. The van der Waals surface area contributed by atoms with Gasteiger partial charge in [-0.3, -0.25) is 29.8 Å². The number of benzene rings is 1. The lowest BCUT2D eigenvalue weighted by atomic mass is 10.2. The highest BCUT2D eigenvalue weighted by Gasteiger charge is 2.26. The van der Waals surface area contributed by atoms with Crippen LogP contribution in [0.25, 0.3) is 0 Å². The van der Waals surface area contributed by atoms with Crippen molar-refractivity contribution in [3.63, 3.8) is 0 Å². The van der Waals surface area contributed by atoms with Crippen LogP contribution < -0.4 is 16.4 Å². The van der Waals surface area contributed by atoms with Gasteiger partial charge in [-0.15, -0.1) is 0 Å². The third kappa shape index (κ3) is 9.95. The molecule has 0 aliphatic carbocycles. The summed E-state index contributed by atoms with van der Waals surface area (Å²) in [6.45, 7) is 6.35. The van der Waals surface area contributed by atoms with E-state index >= 15 is 0 Å². The van der Waals surface area contributed by atoms with E-state index in [4.69, 9.17) is 10.5 Å². The van der Waals surface area contributed by atoms with Gasteiger partial charge >= 0.3 is 6.09 Å². The Hall–Kier alpha value is -3.07. The molecule has 1 aromatic carbocycles. The van der Waals surface area contributed by atoms with Crippen LogP contribution >= 0.6 is 21.6 Å².